The summed E-state index contributed by atoms with van der Waals surface area (Å²) >= 11 is 0. The van der Waals surface area contributed by atoms with Crippen LogP contribution in [0.15, 0.2) is 29.0 Å². The first-order valence-corrected chi connectivity index (χ1v) is 5.63. The quantitative estimate of drug-likeness (QED) is 0.872. The molecule has 0 saturated carbocycles. The van der Waals surface area contributed by atoms with Gasteiger partial charge in [-0.15, -0.1) is 0 Å². The molecule has 2 aromatic rings. The molecule has 90 valence electrons. The molecule has 2 rings (SSSR count). The van der Waals surface area contributed by atoms with E-state index >= 15 is 0 Å². The van der Waals surface area contributed by atoms with Crippen molar-refractivity contribution in [3.63, 3.8) is 0 Å². The fraction of sp³-hybridized carbons (Fsp3) is 0.417. The monoisotopic (exact) mass is 232 g/mol. The van der Waals surface area contributed by atoms with Crippen molar-refractivity contribution in [2.75, 3.05) is 7.05 Å². The summed E-state index contributed by atoms with van der Waals surface area (Å²) in [6, 6.07) is 3.76. The Labute approximate surface area is 100 Å². The maximum Gasteiger partial charge on any atom is 0.248 e. The minimum absolute atomic E-state index is 0.108. The zero-order chi connectivity index (χ0) is 12.3. The third kappa shape index (κ3) is 2.50. The molecular weight excluding hydrogens is 216 g/mol. The molecule has 0 fully saturated rings. The molecule has 2 aromatic heterocycles. The Morgan fingerprint density at radius 3 is 2.71 bits per heavy atom. The van der Waals surface area contributed by atoms with Crippen LogP contribution in [0.3, 0.4) is 0 Å². The summed E-state index contributed by atoms with van der Waals surface area (Å²) in [6.45, 7) is 4.07. The van der Waals surface area contributed by atoms with Gasteiger partial charge in [-0.2, -0.15) is 4.98 Å². The van der Waals surface area contributed by atoms with E-state index < -0.39 is 0 Å². The first-order chi connectivity index (χ1) is 8.22. The maximum absolute atomic E-state index is 5.28. The van der Waals surface area contributed by atoms with E-state index in [9.17, 15) is 0 Å². The molecule has 2 heterocycles. The molecule has 0 spiro atoms. The minimum Gasteiger partial charge on any atom is -0.337 e. The highest BCUT2D eigenvalue weighted by atomic mass is 16.5. The maximum atomic E-state index is 5.28. The van der Waals surface area contributed by atoms with Gasteiger partial charge in [-0.05, 0) is 18.7 Å². The molecule has 17 heavy (non-hydrogen) atoms. The second-order valence-electron chi connectivity index (χ2n) is 4.15. The standard InChI is InChI=1S/C12H16N4O/c1-8(2)11-15-12(17-16-11)10(13-3)9-5-4-6-14-7-9/h4-8,10,13H,1-3H3/t10-/m0/s1. The van der Waals surface area contributed by atoms with Crippen molar-refractivity contribution in [3.8, 4) is 0 Å². The van der Waals surface area contributed by atoms with E-state index in [1.54, 1.807) is 12.4 Å². The molecule has 0 saturated heterocycles. The Hall–Kier alpha value is -1.75. The second-order valence-corrected chi connectivity index (χ2v) is 4.15. The number of nitrogens with zero attached hydrogens (tertiary/aromatic N) is 3. The Kier molecular flexibility index (Phi) is 3.49. The molecule has 0 aliphatic rings. The van der Waals surface area contributed by atoms with Gasteiger partial charge in [0, 0.05) is 18.3 Å². The lowest BCUT2D eigenvalue weighted by molar-refractivity contribution is 0.349. The van der Waals surface area contributed by atoms with E-state index in [0.717, 1.165) is 11.4 Å². The highest BCUT2D eigenvalue weighted by Crippen LogP contribution is 2.20. The summed E-state index contributed by atoms with van der Waals surface area (Å²) < 4.78 is 5.28. The van der Waals surface area contributed by atoms with E-state index in [1.807, 2.05) is 33.0 Å². The summed E-state index contributed by atoms with van der Waals surface area (Å²) in [4.78, 5) is 8.48. The number of pyridine rings is 1. The average Bonchev–Trinajstić information content (AvgIpc) is 2.81. The van der Waals surface area contributed by atoms with Crippen molar-refractivity contribution >= 4 is 0 Å². The predicted molar refractivity (Wildman–Crippen MR) is 63.5 cm³/mol. The van der Waals surface area contributed by atoms with Gasteiger partial charge in [0.2, 0.25) is 5.89 Å². The summed E-state index contributed by atoms with van der Waals surface area (Å²) in [6.07, 6.45) is 3.53. The number of hydrogen-bond acceptors (Lipinski definition) is 5. The van der Waals surface area contributed by atoms with Crippen LogP contribution in [0.2, 0.25) is 0 Å². The molecule has 5 nitrogen and oxygen atoms in total. The first kappa shape index (κ1) is 11.7. The van der Waals surface area contributed by atoms with Gasteiger partial charge < -0.3 is 9.84 Å². The van der Waals surface area contributed by atoms with E-state index in [-0.39, 0.29) is 12.0 Å². The molecule has 1 atom stereocenters. The van der Waals surface area contributed by atoms with Gasteiger partial charge in [-0.3, -0.25) is 4.98 Å². The molecule has 0 bridgehead atoms. The van der Waals surface area contributed by atoms with Gasteiger partial charge in [-0.25, -0.2) is 0 Å². The zero-order valence-electron chi connectivity index (χ0n) is 10.2. The van der Waals surface area contributed by atoms with Gasteiger partial charge in [0.1, 0.15) is 6.04 Å². The van der Waals surface area contributed by atoms with Gasteiger partial charge >= 0.3 is 0 Å². The lowest BCUT2D eigenvalue weighted by atomic mass is 10.1. The first-order valence-electron chi connectivity index (χ1n) is 5.63. The summed E-state index contributed by atoms with van der Waals surface area (Å²) in [7, 11) is 1.86. The molecule has 0 aliphatic carbocycles. The number of nitrogens with one attached hydrogen (secondary N) is 1. The van der Waals surface area contributed by atoms with Gasteiger partial charge in [0.15, 0.2) is 5.82 Å². The van der Waals surface area contributed by atoms with Crippen LogP contribution in [0.25, 0.3) is 0 Å². The fourth-order valence-electron chi connectivity index (χ4n) is 1.58. The second kappa shape index (κ2) is 5.05. The Bertz CT molecular complexity index is 466. The van der Waals surface area contributed by atoms with Crippen LogP contribution in [0, 0.1) is 0 Å². The van der Waals surface area contributed by atoms with Crippen LogP contribution in [0.1, 0.15) is 43.1 Å². The van der Waals surface area contributed by atoms with Crippen LogP contribution in [0.5, 0.6) is 0 Å². The van der Waals surface area contributed by atoms with Gasteiger partial charge in [0.25, 0.3) is 0 Å². The van der Waals surface area contributed by atoms with E-state index in [1.165, 1.54) is 0 Å². The Morgan fingerprint density at radius 2 is 2.18 bits per heavy atom. The predicted octanol–water partition coefficient (Wildman–Crippen LogP) is 1.90. The van der Waals surface area contributed by atoms with Crippen LogP contribution < -0.4 is 5.32 Å². The van der Waals surface area contributed by atoms with Crippen LogP contribution in [0.4, 0.5) is 0 Å². The topological polar surface area (TPSA) is 63.8 Å². The number of rotatable bonds is 4. The fourth-order valence-corrected chi connectivity index (χ4v) is 1.58. The van der Waals surface area contributed by atoms with E-state index in [0.29, 0.717) is 5.89 Å². The average molecular weight is 232 g/mol. The summed E-state index contributed by atoms with van der Waals surface area (Å²) in [5.74, 6) is 1.56. The highest BCUT2D eigenvalue weighted by molar-refractivity contribution is 5.20. The van der Waals surface area contributed by atoms with Crippen molar-refractivity contribution in [3.05, 3.63) is 41.8 Å². The minimum atomic E-state index is -0.108. The molecule has 1 N–H and O–H groups in total. The molecule has 0 unspecified atom stereocenters. The molecule has 0 aliphatic heterocycles. The molecule has 0 amide bonds. The lowest BCUT2D eigenvalue weighted by Gasteiger charge is -2.10. The van der Waals surface area contributed by atoms with E-state index in [2.05, 4.69) is 20.4 Å². The Morgan fingerprint density at radius 1 is 1.35 bits per heavy atom. The third-order valence-electron chi connectivity index (χ3n) is 2.53. The lowest BCUT2D eigenvalue weighted by Crippen LogP contribution is -2.18. The summed E-state index contributed by atoms with van der Waals surface area (Å²) in [5, 5.41) is 7.11. The van der Waals surface area contributed by atoms with Crippen molar-refractivity contribution in [2.45, 2.75) is 25.8 Å². The van der Waals surface area contributed by atoms with Gasteiger partial charge in [0.05, 0.1) is 0 Å². The number of aromatic nitrogens is 3. The van der Waals surface area contributed by atoms with Crippen LogP contribution in [-0.4, -0.2) is 22.2 Å². The molecular formula is C12H16N4O. The largest absolute Gasteiger partial charge is 0.337 e. The van der Waals surface area contributed by atoms with Crippen molar-refractivity contribution in [2.24, 2.45) is 0 Å². The van der Waals surface area contributed by atoms with Crippen molar-refractivity contribution in [1.29, 1.82) is 0 Å². The Balaban J connectivity index is 2.29. The molecule has 0 radical (unpaired) electrons. The summed E-state index contributed by atoms with van der Waals surface area (Å²) in [5.41, 5.74) is 1.01. The van der Waals surface area contributed by atoms with Crippen LogP contribution in [-0.2, 0) is 0 Å². The molecule has 0 aromatic carbocycles. The van der Waals surface area contributed by atoms with Crippen molar-refractivity contribution < 1.29 is 4.52 Å². The van der Waals surface area contributed by atoms with Crippen LogP contribution >= 0.6 is 0 Å². The smallest absolute Gasteiger partial charge is 0.248 e. The van der Waals surface area contributed by atoms with Gasteiger partial charge in [-0.1, -0.05) is 25.1 Å². The normalized spacial score (nSPS) is 12.9. The third-order valence-corrected chi connectivity index (χ3v) is 2.53. The molecule has 5 heteroatoms. The number of hydrogen-bond donors (Lipinski definition) is 1. The highest BCUT2D eigenvalue weighted by Gasteiger charge is 2.20. The van der Waals surface area contributed by atoms with E-state index in [4.69, 9.17) is 4.52 Å². The SMILES string of the molecule is CN[C@@H](c1cccnc1)c1nc(C(C)C)no1. The zero-order valence-corrected chi connectivity index (χ0v) is 10.2. The van der Waals surface area contributed by atoms with Crippen molar-refractivity contribution in [1.82, 2.24) is 20.4 Å².